The quantitative estimate of drug-likeness (QED) is 0.473. The molecule has 2 saturated carbocycles. The van der Waals surface area contributed by atoms with Gasteiger partial charge in [-0.15, -0.1) is 0 Å². The lowest BCUT2D eigenvalue weighted by molar-refractivity contribution is -0.0814. The van der Waals surface area contributed by atoms with Crippen molar-refractivity contribution in [3.8, 4) is 11.4 Å². The average Bonchev–Trinajstić information content (AvgIpc) is 3.56. The van der Waals surface area contributed by atoms with E-state index in [9.17, 15) is 13.6 Å². The van der Waals surface area contributed by atoms with E-state index >= 15 is 0 Å². The van der Waals surface area contributed by atoms with Crippen LogP contribution in [0, 0.1) is 12.8 Å². The van der Waals surface area contributed by atoms with Crippen LogP contribution in [0.4, 0.5) is 14.5 Å². The van der Waals surface area contributed by atoms with Crippen LogP contribution in [-0.2, 0) is 5.41 Å². The van der Waals surface area contributed by atoms with E-state index in [-0.39, 0.29) is 30.0 Å². The van der Waals surface area contributed by atoms with Crippen molar-refractivity contribution in [1.82, 2.24) is 19.5 Å². The molecule has 1 N–H and O–H groups in total. The minimum absolute atomic E-state index is 0.0103. The van der Waals surface area contributed by atoms with E-state index in [4.69, 9.17) is 4.52 Å². The van der Waals surface area contributed by atoms with E-state index < -0.39 is 11.3 Å². The zero-order valence-electron chi connectivity index (χ0n) is 17.9. The third-order valence-corrected chi connectivity index (χ3v) is 7.09. The number of aromatic nitrogens is 4. The molecule has 3 heterocycles. The molecule has 3 aromatic heterocycles. The van der Waals surface area contributed by atoms with E-state index in [1.54, 1.807) is 22.7 Å². The van der Waals surface area contributed by atoms with E-state index in [2.05, 4.69) is 20.4 Å². The Morgan fingerprint density at radius 1 is 1.24 bits per heavy atom. The highest BCUT2D eigenvalue weighted by atomic mass is 19.3. The summed E-state index contributed by atoms with van der Waals surface area (Å²) >= 11 is 0. The minimum atomic E-state index is -2.83. The molecule has 2 atom stereocenters. The molecule has 0 radical (unpaired) electrons. The lowest BCUT2D eigenvalue weighted by Crippen LogP contribution is -2.41. The third kappa shape index (κ3) is 2.98. The Labute approximate surface area is 187 Å². The zero-order valence-corrected chi connectivity index (χ0v) is 17.9. The van der Waals surface area contributed by atoms with E-state index in [1.165, 1.54) is 6.20 Å². The number of carbonyl (C=O) groups excluding carboxylic acids is 1. The van der Waals surface area contributed by atoms with Gasteiger partial charge in [0.25, 0.3) is 11.8 Å². The van der Waals surface area contributed by atoms with Crippen molar-refractivity contribution >= 4 is 17.2 Å². The molecule has 1 unspecified atom stereocenters. The van der Waals surface area contributed by atoms with E-state index in [0.29, 0.717) is 35.4 Å². The second kappa shape index (κ2) is 6.94. The van der Waals surface area contributed by atoms with Crippen LogP contribution in [-0.4, -0.2) is 31.4 Å². The number of hydrogen-bond acceptors (Lipinski definition) is 5. The summed E-state index contributed by atoms with van der Waals surface area (Å²) in [5.41, 5.74) is 1.70. The first-order valence-electron chi connectivity index (χ1n) is 10.9. The highest BCUT2D eigenvalue weighted by molar-refractivity contribution is 6.04. The SMILES string of the molecule is Cc1ccc(-c2noc([C@]34CCC(CC3(F)F)C4)n2)cc1NC(=O)c1cnc2ccccn12. The van der Waals surface area contributed by atoms with Gasteiger partial charge in [0.15, 0.2) is 0 Å². The molecule has 4 aromatic rings. The smallest absolute Gasteiger partial charge is 0.274 e. The number of aryl methyl sites for hydroxylation is 1. The number of benzene rings is 1. The lowest BCUT2D eigenvalue weighted by atomic mass is 9.80. The summed E-state index contributed by atoms with van der Waals surface area (Å²) in [6.45, 7) is 1.87. The normalized spacial score (nSPS) is 23.3. The van der Waals surface area contributed by atoms with Crippen molar-refractivity contribution in [3.63, 3.8) is 0 Å². The molecular formula is C24H21F2N5O2. The van der Waals surface area contributed by atoms with Crippen LogP contribution in [0.5, 0.6) is 0 Å². The second-order valence-electron chi connectivity index (χ2n) is 9.08. The Bertz CT molecular complexity index is 1390. The van der Waals surface area contributed by atoms with Gasteiger partial charge in [0.1, 0.15) is 16.8 Å². The van der Waals surface area contributed by atoms with Gasteiger partial charge in [-0.05, 0) is 55.9 Å². The van der Waals surface area contributed by atoms with Crippen LogP contribution in [0.1, 0.15) is 47.6 Å². The summed E-state index contributed by atoms with van der Waals surface area (Å²) in [7, 11) is 0. The van der Waals surface area contributed by atoms with Crippen LogP contribution < -0.4 is 5.32 Å². The van der Waals surface area contributed by atoms with Crippen LogP contribution in [0.3, 0.4) is 0 Å². The fourth-order valence-corrected chi connectivity index (χ4v) is 5.28. The van der Waals surface area contributed by atoms with Gasteiger partial charge in [0.2, 0.25) is 11.7 Å². The van der Waals surface area contributed by atoms with Crippen molar-refractivity contribution in [1.29, 1.82) is 0 Å². The number of rotatable bonds is 4. The van der Waals surface area contributed by atoms with Crippen molar-refractivity contribution in [2.45, 2.75) is 43.9 Å². The predicted octanol–water partition coefficient (Wildman–Crippen LogP) is 5.02. The average molecular weight is 449 g/mol. The number of alkyl halides is 2. The maximum Gasteiger partial charge on any atom is 0.274 e. The summed E-state index contributed by atoms with van der Waals surface area (Å²) in [5.74, 6) is -2.89. The summed E-state index contributed by atoms with van der Waals surface area (Å²) in [5, 5.41) is 6.91. The number of amides is 1. The first-order valence-corrected chi connectivity index (χ1v) is 10.9. The van der Waals surface area contributed by atoms with Gasteiger partial charge in [0.05, 0.1) is 6.20 Å². The number of nitrogens with zero attached hydrogens (tertiary/aromatic N) is 4. The molecule has 1 aromatic carbocycles. The second-order valence-corrected chi connectivity index (χ2v) is 9.08. The molecule has 9 heteroatoms. The molecular weight excluding hydrogens is 428 g/mol. The van der Waals surface area contributed by atoms with Crippen LogP contribution in [0.2, 0.25) is 0 Å². The Morgan fingerprint density at radius 2 is 2.12 bits per heavy atom. The number of hydrogen-bond donors (Lipinski definition) is 1. The highest BCUT2D eigenvalue weighted by Gasteiger charge is 2.67. The van der Waals surface area contributed by atoms with Gasteiger partial charge in [-0.25, -0.2) is 13.8 Å². The minimum Gasteiger partial charge on any atom is -0.338 e. The van der Waals surface area contributed by atoms with Gasteiger partial charge in [-0.3, -0.25) is 9.20 Å². The van der Waals surface area contributed by atoms with E-state index in [0.717, 1.165) is 12.0 Å². The fourth-order valence-electron chi connectivity index (χ4n) is 5.28. The van der Waals surface area contributed by atoms with Crippen molar-refractivity contribution < 1.29 is 18.1 Å². The lowest BCUT2D eigenvalue weighted by Gasteiger charge is -2.31. The van der Waals surface area contributed by atoms with Crippen molar-refractivity contribution in [2.24, 2.45) is 5.92 Å². The molecule has 7 nitrogen and oxygen atoms in total. The monoisotopic (exact) mass is 449 g/mol. The fraction of sp³-hybridized carbons (Fsp3) is 0.333. The van der Waals surface area contributed by atoms with Gasteiger partial charge < -0.3 is 9.84 Å². The number of pyridine rings is 1. The first kappa shape index (κ1) is 20.0. The first-order chi connectivity index (χ1) is 15.9. The third-order valence-electron chi connectivity index (χ3n) is 7.09. The van der Waals surface area contributed by atoms with Crippen LogP contribution in [0.25, 0.3) is 17.0 Å². The number of imidazole rings is 1. The Kier molecular flexibility index (Phi) is 4.21. The molecule has 2 fully saturated rings. The number of fused-ring (bicyclic) bond motifs is 3. The van der Waals surface area contributed by atoms with Gasteiger partial charge >= 0.3 is 0 Å². The number of anilines is 1. The number of nitrogens with one attached hydrogen (secondary N) is 1. The van der Waals surface area contributed by atoms with Crippen LogP contribution in [0.15, 0.2) is 53.3 Å². The molecule has 33 heavy (non-hydrogen) atoms. The predicted molar refractivity (Wildman–Crippen MR) is 116 cm³/mol. The summed E-state index contributed by atoms with van der Waals surface area (Å²) in [6, 6.07) is 10.8. The molecule has 6 rings (SSSR count). The summed E-state index contributed by atoms with van der Waals surface area (Å²) in [4.78, 5) is 21.6. The van der Waals surface area contributed by atoms with Crippen LogP contribution >= 0.6 is 0 Å². The Balaban J connectivity index is 1.30. The standard InChI is InChI=1S/C24H21F2N5O2/c1-14-5-6-16(10-17(14)28-21(32)18-13-27-19-4-2-3-9-31(18)19)20-29-22(33-30-20)23-8-7-15(11-23)12-24(23,25)26/h2-6,9-10,13,15H,7-8,11-12H2,1H3,(H,28,32)/t15?,23-/m1/s1. The Hall–Kier alpha value is -3.62. The largest absolute Gasteiger partial charge is 0.338 e. The molecule has 0 saturated heterocycles. The highest BCUT2D eigenvalue weighted by Crippen LogP contribution is 2.62. The number of halogens is 2. The molecule has 0 spiro atoms. The molecule has 168 valence electrons. The van der Waals surface area contributed by atoms with Gasteiger partial charge in [-0.1, -0.05) is 23.4 Å². The molecule has 2 aliphatic rings. The maximum atomic E-state index is 14.7. The molecule has 0 aliphatic heterocycles. The topological polar surface area (TPSA) is 85.3 Å². The Morgan fingerprint density at radius 3 is 2.91 bits per heavy atom. The molecule has 1 amide bonds. The summed E-state index contributed by atoms with van der Waals surface area (Å²) < 4.78 is 36.5. The van der Waals surface area contributed by atoms with Gasteiger partial charge in [-0.2, -0.15) is 4.98 Å². The molecule has 2 aliphatic carbocycles. The summed E-state index contributed by atoms with van der Waals surface area (Å²) in [6.07, 6.45) is 4.68. The van der Waals surface area contributed by atoms with Crippen molar-refractivity contribution in [2.75, 3.05) is 5.32 Å². The maximum absolute atomic E-state index is 14.7. The van der Waals surface area contributed by atoms with Crippen molar-refractivity contribution in [3.05, 3.63) is 65.9 Å². The number of carbonyl (C=O) groups is 1. The van der Waals surface area contributed by atoms with Gasteiger partial charge in [0, 0.05) is 23.9 Å². The zero-order chi connectivity index (χ0) is 22.8. The van der Waals surface area contributed by atoms with E-state index in [1.807, 2.05) is 31.2 Å². The molecule has 2 bridgehead atoms.